The predicted molar refractivity (Wildman–Crippen MR) is 99.7 cm³/mol. The summed E-state index contributed by atoms with van der Waals surface area (Å²) in [6.45, 7) is 1.96. The number of pyridine rings is 1. The Morgan fingerprint density at radius 3 is 2.80 bits per heavy atom. The first-order valence-electron chi connectivity index (χ1n) is 8.38. The maximum atomic E-state index is 11.6. The Balaban J connectivity index is 1.94. The van der Waals surface area contributed by atoms with E-state index in [1.807, 2.05) is 30.3 Å². The van der Waals surface area contributed by atoms with E-state index in [4.69, 9.17) is 5.73 Å². The van der Waals surface area contributed by atoms with Crippen LogP contribution < -0.4 is 5.73 Å². The van der Waals surface area contributed by atoms with E-state index in [-0.39, 0.29) is 0 Å². The minimum Gasteiger partial charge on any atom is -0.366 e. The molecule has 4 rings (SSSR count). The summed E-state index contributed by atoms with van der Waals surface area (Å²) in [6.07, 6.45) is 7.15. The number of nitrogens with zero attached hydrogens (tertiary/aromatic N) is 3. The minimum absolute atomic E-state index is 0.407. The molecule has 1 amide bonds. The lowest BCUT2D eigenvalue weighted by atomic mass is 9.98. The standard InChI is InChI=1S/C20H20N4O/c1-23-10-7-14(8-11-23)17-13-24(19-4-2-3-9-22-19)18-6-5-15(20(21)25)12-16(17)18/h2-7,9,12-13H,8,10-11H2,1H3,(H2,21,25). The van der Waals surface area contributed by atoms with Gasteiger partial charge in [0.15, 0.2) is 0 Å². The third kappa shape index (κ3) is 2.83. The van der Waals surface area contributed by atoms with Crippen LogP contribution in [-0.4, -0.2) is 40.5 Å². The third-order valence-electron chi connectivity index (χ3n) is 4.74. The molecule has 2 N–H and O–H groups in total. The van der Waals surface area contributed by atoms with Crippen LogP contribution in [0.3, 0.4) is 0 Å². The van der Waals surface area contributed by atoms with Crippen LogP contribution in [0, 0.1) is 0 Å². The molecular formula is C20H20N4O. The Morgan fingerprint density at radius 2 is 2.12 bits per heavy atom. The topological polar surface area (TPSA) is 64.2 Å². The summed E-state index contributed by atoms with van der Waals surface area (Å²) in [7, 11) is 2.12. The van der Waals surface area contributed by atoms with E-state index in [9.17, 15) is 4.79 Å². The minimum atomic E-state index is -0.407. The Morgan fingerprint density at radius 1 is 1.24 bits per heavy atom. The molecular weight excluding hydrogens is 312 g/mol. The van der Waals surface area contributed by atoms with Gasteiger partial charge in [0.1, 0.15) is 5.82 Å². The molecule has 0 spiro atoms. The Labute approximate surface area is 146 Å². The number of fused-ring (bicyclic) bond motifs is 1. The summed E-state index contributed by atoms with van der Waals surface area (Å²) in [6, 6.07) is 11.5. The fraction of sp³-hybridized carbons (Fsp3) is 0.200. The predicted octanol–water partition coefficient (Wildman–Crippen LogP) is 2.84. The van der Waals surface area contributed by atoms with Crippen molar-refractivity contribution in [2.75, 3.05) is 20.1 Å². The molecule has 0 unspecified atom stereocenters. The number of rotatable bonds is 3. The van der Waals surface area contributed by atoms with Gasteiger partial charge in [-0.15, -0.1) is 0 Å². The summed E-state index contributed by atoms with van der Waals surface area (Å²) < 4.78 is 2.08. The third-order valence-corrected chi connectivity index (χ3v) is 4.74. The van der Waals surface area contributed by atoms with Gasteiger partial charge in [0.05, 0.1) is 5.52 Å². The van der Waals surface area contributed by atoms with E-state index >= 15 is 0 Å². The first kappa shape index (κ1) is 15.6. The van der Waals surface area contributed by atoms with Gasteiger partial charge in [-0.25, -0.2) is 4.98 Å². The van der Waals surface area contributed by atoms with Crippen LogP contribution in [0.2, 0.25) is 0 Å². The lowest BCUT2D eigenvalue weighted by Gasteiger charge is -2.21. The molecule has 3 aromatic rings. The van der Waals surface area contributed by atoms with Gasteiger partial charge in [-0.3, -0.25) is 4.79 Å². The first-order chi connectivity index (χ1) is 12.1. The van der Waals surface area contributed by atoms with E-state index < -0.39 is 5.91 Å². The SMILES string of the molecule is CN1CC=C(c2cn(-c3ccccn3)c3ccc(C(N)=O)cc23)CC1. The molecule has 0 atom stereocenters. The first-order valence-corrected chi connectivity index (χ1v) is 8.38. The molecule has 1 aliphatic rings. The Bertz CT molecular complexity index is 972. The fourth-order valence-electron chi connectivity index (χ4n) is 3.34. The number of aromatic nitrogens is 2. The summed E-state index contributed by atoms with van der Waals surface area (Å²) in [5.41, 5.74) is 9.50. The van der Waals surface area contributed by atoms with Gasteiger partial charge in [-0.1, -0.05) is 12.1 Å². The van der Waals surface area contributed by atoms with Crippen molar-refractivity contribution in [3.05, 3.63) is 66.0 Å². The average Bonchev–Trinajstić information content (AvgIpc) is 3.02. The van der Waals surface area contributed by atoms with Crippen molar-refractivity contribution in [3.63, 3.8) is 0 Å². The number of carbonyl (C=O) groups excluding carboxylic acids is 1. The lowest BCUT2D eigenvalue weighted by Crippen LogP contribution is -2.23. The number of amides is 1. The summed E-state index contributed by atoms with van der Waals surface area (Å²) in [5, 5.41) is 1.04. The Kier molecular flexibility index (Phi) is 3.86. The zero-order valence-electron chi connectivity index (χ0n) is 14.1. The highest BCUT2D eigenvalue weighted by atomic mass is 16.1. The van der Waals surface area contributed by atoms with Crippen molar-refractivity contribution >= 4 is 22.4 Å². The van der Waals surface area contributed by atoms with Gasteiger partial charge in [-0.2, -0.15) is 0 Å². The number of primary amides is 1. The fourth-order valence-corrected chi connectivity index (χ4v) is 3.34. The van der Waals surface area contributed by atoms with E-state index in [2.05, 4.69) is 33.8 Å². The molecule has 126 valence electrons. The second-order valence-electron chi connectivity index (χ2n) is 6.44. The van der Waals surface area contributed by atoms with E-state index in [0.29, 0.717) is 5.56 Å². The number of benzene rings is 1. The van der Waals surface area contributed by atoms with Gasteiger partial charge >= 0.3 is 0 Å². The van der Waals surface area contributed by atoms with E-state index in [1.54, 1.807) is 12.3 Å². The van der Waals surface area contributed by atoms with Crippen LogP contribution in [0.4, 0.5) is 0 Å². The lowest BCUT2D eigenvalue weighted by molar-refractivity contribution is 0.100. The molecule has 5 nitrogen and oxygen atoms in total. The summed E-state index contributed by atoms with van der Waals surface area (Å²) in [4.78, 5) is 18.4. The zero-order valence-corrected chi connectivity index (χ0v) is 14.1. The molecule has 0 fully saturated rings. The quantitative estimate of drug-likeness (QED) is 0.802. The molecule has 5 heteroatoms. The molecule has 0 saturated carbocycles. The molecule has 0 saturated heterocycles. The van der Waals surface area contributed by atoms with Crippen molar-refractivity contribution < 1.29 is 4.79 Å². The highest BCUT2D eigenvalue weighted by molar-refractivity contribution is 6.01. The van der Waals surface area contributed by atoms with Crippen LogP contribution in [0.15, 0.2) is 54.9 Å². The molecule has 0 bridgehead atoms. The maximum Gasteiger partial charge on any atom is 0.248 e. The van der Waals surface area contributed by atoms with Crippen LogP contribution in [0.5, 0.6) is 0 Å². The van der Waals surface area contributed by atoms with Crippen molar-refractivity contribution in [2.45, 2.75) is 6.42 Å². The van der Waals surface area contributed by atoms with Crippen molar-refractivity contribution in [1.82, 2.24) is 14.5 Å². The second-order valence-corrected chi connectivity index (χ2v) is 6.44. The van der Waals surface area contributed by atoms with Crippen molar-refractivity contribution in [2.24, 2.45) is 5.73 Å². The second kappa shape index (κ2) is 6.18. The smallest absolute Gasteiger partial charge is 0.248 e. The van der Waals surface area contributed by atoms with Crippen LogP contribution in [0.25, 0.3) is 22.3 Å². The average molecular weight is 332 g/mol. The van der Waals surface area contributed by atoms with Gasteiger partial charge in [0.25, 0.3) is 0 Å². The number of likely N-dealkylation sites (N-methyl/N-ethyl adjacent to an activating group) is 1. The highest BCUT2D eigenvalue weighted by Crippen LogP contribution is 2.32. The van der Waals surface area contributed by atoms with E-state index in [0.717, 1.165) is 41.8 Å². The van der Waals surface area contributed by atoms with Gasteiger partial charge in [0, 0.05) is 42.0 Å². The van der Waals surface area contributed by atoms with Gasteiger partial charge in [0.2, 0.25) is 5.91 Å². The molecule has 0 aliphatic carbocycles. The summed E-state index contributed by atoms with van der Waals surface area (Å²) in [5.74, 6) is 0.454. The van der Waals surface area contributed by atoms with Crippen LogP contribution in [-0.2, 0) is 0 Å². The zero-order chi connectivity index (χ0) is 17.4. The number of carbonyl (C=O) groups is 1. The van der Waals surface area contributed by atoms with E-state index in [1.165, 1.54) is 5.57 Å². The van der Waals surface area contributed by atoms with Gasteiger partial charge < -0.3 is 15.2 Å². The Hall–Kier alpha value is -2.92. The van der Waals surface area contributed by atoms with Gasteiger partial charge in [-0.05, 0) is 49.4 Å². The highest BCUT2D eigenvalue weighted by Gasteiger charge is 2.17. The monoisotopic (exact) mass is 332 g/mol. The largest absolute Gasteiger partial charge is 0.366 e. The van der Waals surface area contributed by atoms with Crippen LogP contribution in [0.1, 0.15) is 22.3 Å². The molecule has 1 aliphatic heterocycles. The molecule has 0 radical (unpaired) electrons. The molecule has 1 aromatic carbocycles. The molecule has 3 heterocycles. The molecule has 2 aromatic heterocycles. The number of hydrogen-bond donors (Lipinski definition) is 1. The summed E-state index contributed by atoms with van der Waals surface area (Å²) >= 11 is 0. The normalized spacial score (nSPS) is 15.3. The maximum absolute atomic E-state index is 11.6. The number of hydrogen-bond acceptors (Lipinski definition) is 3. The number of nitrogens with two attached hydrogens (primary N) is 1. The van der Waals surface area contributed by atoms with Crippen molar-refractivity contribution in [1.29, 1.82) is 0 Å². The van der Waals surface area contributed by atoms with Crippen LogP contribution >= 0.6 is 0 Å². The van der Waals surface area contributed by atoms with Crippen molar-refractivity contribution in [3.8, 4) is 5.82 Å². The molecule has 25 heavy (non-hydrogen) atoms.